The van der Waals surface area contributed by atoms with Crippen LogP contribution in [0.4, 0.5) is 5.00 Å². The molecule has 0 spiro atoms. The monoisotopic (exact) mass is 257 g/mol. The number of carbonyl (C=O) groups is 2. The van der Waals surface area contributed by atoms with E-state index in [-0.39, 0.29) is 29.1 Å². The van der Waals surface area contributed by atoms with E-state index in [1.54, 1.807) is 6.92 Å². The molecule has 0 bridgehead atoms. The van der Waals surface area contributed by atoms with Gasteiger partial charge in [-0.3, -0.25) is 4.79 Å². The highest BCUT2D eigenvalue weighted by atomic mass is 32.1. The highest BCUT2D eigenvalue weighted by molar-refractivity contribution is 7.11. The molecule has 1 amide bonds. The second-order valence-electron chi connectivity index (χ2n) is 3.86. The zero-order valence-electron chi connectivity index (χ0n) is 9.90. The van der Waals surface area contributed by atoms with Gasteiger partial charge in [0.25, 0.3) is 0 Å². The standard InChI is InChI=1S/C10H15N3O3S/c1-5(2)11-4-7(14)12-9-8(10(15)16)6(3)13-17-9/h5,11H,4H2,1-3H3,(H,12,14)(H,15,16). The summed E-state index contributed by atoms with van der Waals surface area (Å²) >= 11 is 0.977. The molecule has 0 saturated carbocycles. The van der Waals surface area contributed by atoms with Gasteiger partial charge in [-0.05, 0) is 18.5 Å². The largest absolute Gasteiger partial charge is 0.478 e. The molecule has 0 unspecified atom stereocenters. The number of carbonyl (C=O) groups excluding carboxylic acids is 1. The Morgan fingerprint density at radius 1 is 1.47 bits per heavy atom. The van der Waals surface area contributed by atoms with Crippen LogP contribution in [0, 0.1) is 6.92 Å². The third kappa shape index (κ3) is 3.79. The molecule has 94 valence electrons. The van der Waals surface area contributed by atoms with Crippen LogP contribution in [0.1, 0.15) is 29.9 Å². The Labute approximate surface area is 103 Å². The topological polar surface area (TPSA) is 91.3 Å². The van der Waals surface area contributed by atoms with Crippen molar-refractivity contribution in [2.24, 2.45) is 0 Å². The van der Waals surface area contributed by atoms with Crippen molar-refractivity contribution in [1.29, 1.82) is 0 Å². The van der Waals surface area contributed by atoms with Crippen molar-refractivity contribution in [3.8, 4) is 0 Å². The lowest BCUT2D eigenvalue weighted by Crippen LogP contribution is -2.32. The minimum atomic E-state index is -1.08. The highest BCUT2D eigenvalue weighted by Gasteiger charge is 2.18. The van der Waals surface area contributed by atoms with E-state index in [1.807, 2.05) is 13.8 Å². The van der Waals surface area contributed by atoms with Crippen LogP contribution in [-0.2, 0) is 4.79 Å². The number of nitrogens with one attached hydrogen (secondary N) is 2. The van der Waals surface area contributed by atoms with Crippen molar-refractivity contribution in [2.75, 3.05) is 11.9 Å². The Bertz CT molecular complexity index is 428. The minimum absolute atomic E-state index is 0.0629. The number of amides is 1. The van der Waals surface area contributed by atoms with E-state index in [0.29, 0.717) is 5.69 Å². The van der Waals surface area contributed by atoms with Crippen molar-refractivity contribution in [1.82, 2.24) is 9.69 Å². The van der Waals surface area contributed by atoms with Gasteiger partial charge < -0.3 is 15.7 Å². The quantitative estimate of drug-likeness (QED) is 0.734. The molecule has 1 heterocycles. The summed E-state index contributed by atoms with van der Waals surface area (Å²) in [6, 6.07) is 0.197. The van der Waals surface area contributed by atoms with E-state index in [4.69, 9.17) is 5.11 Å². The van der Waals surface area contributed by atoms with Gasteiger partial charge in [0, 0.05) is 6.04 Å². The SMILES string of the molecule is Cc1nsc(NC(=O)CNC(C)C)c1C(=O)O. The number of aromatic carboxylic acids is 1. The summed E-state index contributed by atoms with van der Waals surface area (Å²) < 4.78 is 3.91. The van der Waals surface area contributed by atoms with Crippen LogP contribution in [0.2, 0.25) is 0 Å². The zero-order chi connectivity index (χ0) is 13.0. The van der Waals surface area contributed by atoms with Crippen LogP contribution in [-0.4, -0.2) is 33.9 Å². The first-order chi connectivity index (χ1) is 7.91. The molecule has 0 aromatic carbocycles. The van der Waals surface area contributed by atoms with Crippen LogP contribution in [0.15, 0.2) is 0 Å². The first-order valence-electron chi connectivity index (χ1n) is 5.14. The molecule has 0 radical (unpaired) electrons. The molecule has 0 aliphatic heterocycles. The Kier molecular flexibility index (Phi) is 4.59. The van der Waals surface area contributed by atoms with Gasteiger partial charge in [0.15, 0.2) is 0 Å². The molecule has 17 heavy (non-hydrogen) atoms. The molecule has 3 N–H and O–H groups in total. The van der Waals surface area contributed by atoms with Crippen molar-refractivity contribution >= 4 is 28.4 Å². The number of hydrogen-bond acceptors (Lipinski definition) is 5. The molecule has 0 atom stereocenters. The molecule has 0 aliphatic carbocycles. The molecular formula is C10H15N3O3S. The third-order valence-corrected chi connectivity index (χ3v) is 2.85. The lowest BCUT2D eigenvalue weighted by atomic mass is 10.2. The van der Waals surface area contributed by atoms with Crippen molar-refractivity contribution in [3.63, 3.8) is 0 Å². The van der Waals surface area contributed by atoms with Gasteiger partial charge in [0.1, 0.15) is 10.6 Å². The van der Waals surface area contributed by atoms with Gasteiger partial charge in [0.05, 0.1) is 12.2 Å². The summed E-state index contributed by atoms with van der Waals surface area (Å²) in [7, 11) is 0. The smallest absolute Gasteiger partial charge is 0.340 e. The minimum Gasteiger partial charge on any atom is -0.478 e. The lowest BCUT2D eigenvalue weighted by Gasteiger charge is -2.07. The second-order valence-corrected chi connectivity index (χ2v) is 4.63. The maximum Gasteiger partial charge on any atom is 0.340 e. The zero-order valence-corrected chi connectivity index (χ0v) is 10.7. The number of carboxylic acid groups (broad SMARTS) is 1. The fraction of sp³-hybridized carbons (Fsp3) is 0.500. The van der Waals surface area contributed by atoms with E-state index < -0.39 is 5.97 Å². The number of hydrogen-bond donors (Lipinski definition) is 3. The average Bonchev–Trinajstić information content (AvgIpc) is 2.56. The molecular weight excluding hydrogens is 242 g/mol. The van der Waals surface area contributed by atoms with Crippen molar-refractivity contribution < 1.29 is 14.7 Å². The summed E-state index contributed by atoms with van der Waals surface area (Å²) in [5, 5.41) is 14.7. The van der Waals surface area contributed by atoms with Gasteiger partial charge in [-0.1, -0.05) is 13.8 Å². The van der Waals surface area contributed by atoms with Crippen molar-refractivity contribution in [2.45, 2.75) is 26.8 Å². The number of aryl methyl sites for hydroxylation is 1. The second kappa shape index (κ2) is 5.74. The fourth-order valence-electron chi connectivity index (χ4n) is 1.17. The van der Waals surface area contributed by atoms with Gasteiger partial charge in [-0.15, -0.1) is 0 Å². The Balaban J connectivity index is 2.69. The Morgan fingerprint density at radius 3 is 2.65 bits per heavy atom. The van der Waals surface area contributed by atoms with Crippen LogP contribution >= 0.6 is 11.5 Å². The molecule has 7 heteroatoms. The summed E-state index contributed by atoms with van der Waals surface area (Å²) in [5.41, 5.74) is 0.475. The average molecular weight is 257 g/mol. The van der Waals surface area contributed by atoms with E-state index >= 15 is 0 Å². The van der Waals surface area contributed by atoms with E-state index in [2.05, 4.69) is 15.0 Å². The molecule has 0 aliphatic rings. The highest BCUT2D eigenvalue weighted by Crippen LogP contribution is 2.24. The number of nitrogens with zero attached hydrogens (tertiary/aromatic N) is 1. The Hall–Kier alpha value is -1.47. The van der Waals surface area contributed by atoms with Gasteiger partial charge >= 0.3 is 5.97 Å². The van der Waals surface area contributed by atoms with Gasteiger partial charge in [-0.2, -0.15) is 4.37 Å². The normalized spacial score (nSPS) is 10.6. The molecule has 1 rings (SSSR count). The number of carboxylic acids is 1. The Morgan fingerprint density at radius 2 is 2.12 bits per heavy atom. The van der Waals surface area contributed by atoms with Crippen molar-refractivity contribution in [3.05, 3.63) is 11.3 Å². The first kappa shape index (κ1) is 13.6. The van der Waals surface area contributed by atoms with Crippen LogP contribution < -0.4 is 10.6 Å². The van der Waals surface area contributed by atoms with E-state index in [0.717, 1.165) is 11.5 Å². The maximum atomic E-state index is 11.5. The molecule has 1 aromatic rings. The van der Waals surface area contributed by atoms with Gasteiger partial charge in [0.2, 0.25) is 5.91 Å². The first-order valence-corrected chi connectivity index (χ1v) is 5.92. The van der Waals surface area contributed by atoms with Crippen LogP contribution in [0.3, 0.4) is 0 Å². The number of anilines is 1. The lowest BCUT2D eigenvalue weighted by molar-refractivity contribution is -0.115. The molecule has 6 nitrogen and oxygen atoms in total. The van der Waals surface area contributed by atoms with Crippen LogP contribution in [0.5, 0.6) is 0 Å². The molecule has 1 aromatic heterocycles. The number of rotatable bonds is 5. The predicted octanol–water partition coefficient (Wildman–Crippen LogP) is 1.09. The van der Waals surface area contributed by atoms with Gasteiger partial charge in [-0.25, -0.2) is 4.79 Å². The third-order valence-electron chi connectivity index (χ3n) is 2.00. The summed E-state index contributed by atoms with van der Waals surface area (Å²) in [4.78, 5) is 22.5. The van der Waals surface area contributed by atoms with Crippen LogP contribution in [0.25, 0.3) is 0 Å². The summed E-state index contributed by atoms with van der Waals surface area (Å²) in [6.07, 6.45) is 0. The maximum absolute atomic E-state index is 11.5. The summed E-state index contributed by atoms with van der Waals surface area (Å²) in [6.45, 7) is 5.59. The number of aromatic nitrogens is 1. The predicted molar refractivity (Wildman–Crippen MR) is 65.6 cm³/mol. The fourth-order valence-corrected chi connectivity index (χ4v) is 1.98. The van der Waals surface area contributed by atoms with E-state index in [9.17, 15) is 9.59 Å². The summed E-state index contributed by atoms with van der Waals surface area (Å²) in [5.74, 6) is -1.35. The molecule has 0 fully saturated rings. The van der Waals surface area contributed by atoms with E-state index in [1.165, 1.54) is 0 Å². The molecule has 0 saturated heterocycles.